The van der Waals surface area contributed by atoms with Gasteiger partial charge in [0.2, 0.25) is 0 Å². The van der Waals surface area contributed by atoms with Gasteiger partial charge >= 0.3 is 5.97 Å². The molecule has 1 aromatic heterocycles. The summed E-state index contributed by atoms with van der Waals surface area (Å²) in [6.45, 7) is 0.00985. The molecule has 4 heteroatoms. The van der Waals surface area contributed by atoms with Crippen molar-refractivity contribution in [2.45, 2.75) is 0 Å². The first-order chi connectivity index (χ1) is 7.16. The van der Waals surface area contributed by atoms with Gasteiger partial charge in [-0.05, 0) is 24.3 Å². The largest absolute Gasteiger partial charge is 0.480 e. The van der Waals surface area contributed by atoms with Crippen LogP contribution in [0.15, 0.2) is 30.5 Å². The fourth-order valence-corrected chi connectivity index (χ4v) is 1.57. The summed E-state index contributed by atoms with van der Waals surface area (Å²) in [7, 11) is 1.77. The Bertz CT molecular complexity index is 490. The first-order valence-electron chi connectivity index (χ1n) is 4.67. The van der Waals surface area contributed by atoms with Crippen LogP contribution in [-0.2, 0) is 4.79 Å². The molecule has 0 amide bonds. The Balaban J connectivity index is 2.30. The maximum Gasteiger partial charge on any atom is 0.323 e. The molecule has 0 saturated carbocycles. The summed E-state index contributed by atoms with van der Waals surface area (Å²) >= 11 is 0. The second-order valence-electron chi connectivity index (χ2n) is 3.50. The zero-order chi connectivity index (χ0) is 10.8. The molecule has 4 nitrogen and oxygen atoms in total. The second kappa shape index (κ2) is 3.65. The van der Waals surface area contributed by atoms with Crippen LogP contribution in [0.2, 0.25) is 0 Å². The number of H-pyrrole nitrogens is 1. The third kappa shape index (κ3) is 1.93. The van der Waals surface area contributed by atoms with Crippen LogP contribution < -0.4 is 4.90 Å². The van der Waals surface area contributed by atoms with E-state index in [1.54, 1.807) is 11.9 Å². The molecule has 2 rings (SSSR count). The molecule has 0 aliphatic rings. The van der Waals surface area contributed by atoms with Gasteiger partial charge in [-0.15, -0.1) is 0 Å². The van der Waals surface area contributed by atoms with Crippen LogP contribution in [0.1, 0.15) is 0 Å². The maximum atomic E-state index is 10.5. The zero-order valence-corrected chi connectivity index (χ0v) is 8.40. The number of benzene rings is 1. The first-order valence-corrected chi connectivity index (χ1v) is 4.67. The topological polar surface area (TPSA) is 56.3 Å². The minimum Gasteiger partial charge on any atom is -0.480 e. The molecule has 2 N–H and O–H groups in total. The highest BCUT2D eigenvalue weighted by atomic mass is 16.4. The molecule has 0 bridgehead atoms. The lowest BCUT2D eigenvalue weighted by atomic mass is 10.2. The molecule has 0 atom stereocenters. The monoisotopic (exact) mass is 204 g/mol. The molecule has 1 aromatic carbocycles. The quantitative estimate of drug-likeness (QED) is 0.799. The SMILES string of the molecule is CN(CC(=O)O)c1ccc2[nH]ccc2c1. The number of carbonyl (C=O) groups is 1. The molecule has 0 aliphatic carbocycles. The Kier molecular flexibility index (Phi) is 2.33. The summed E-state index contributed by atoms with van der Waals surface area (Å²) in [6, 6.07) is 7.78. The summed E-state index contributed by atoms with van der Waals surface area (Å²) in [5, 5.41) is 9.76. The Labute approximate surface area is 87.1 Å². The maximum absolute atomic E-state index is 10.5. The lowest BCUT2D eigenvalue weighted by molar-refractivity contribution is -0.135. The van der Waals surface area contributed by atoms with E-state index in [0.29, 0.717) is 0 Å². The Morgan fingerprint density at radius 3 is 3.00 bits per heavy atom. The summed E-state index contributed by atoms with van der Waals surface area (Å²) < 4.78 is 0. The van der Waals surface area contributed by atoms with Gasteiger partial charge in [0.1, 0.15) is 6.54 Å². The second-order valence-corrected chi connectivity index (χ2v) is 3.50. The van der Waals surface area contributed by atoms with Crippen molar-refractivity contribution < 1.29 is 9.90 Å². The van der Waals surface area contributed by atoms with Crippen LogP contribution in [0.4, 0.5) is 5.69 Å². The van der Waals surface area contributed by atoms with Crippen molar-refractivity contribution in [1.29, 1.82) is 0 Å². The third-order valence-electron chi connectivity index (χ3n) is 2.35. The average molecular weight is 204 g/mol. The molecule has 0 saturated heterocycles. The summed E-state index contributed by atoms with van der Waals surface area (Å²) in [4.78, 5) is 15.3. The minimum absolute atomic E-state index is 0.00985. The number of aliphatic carboxylic acids is 1. The number of nitrogens with one attached hydrogen (secondary N) is 1. The van der Waals surface area contributed by atoms with E-state index in [-0.39, 0.29) is 6.54 Å². The van der Waals surface area contributed by atoms with Crippen molar-refractivity contribution >= 4 is 22.6 Å². The molecule has 0 radical (unpaired) electrons. The minimum atomic E-state index is -0.827. The molecule has 0 aliphatic heterocycles. The van der Waals surface area contributed by atoms with Crippen LogP contribution in [0, 0.1) is 0 Å². The highest BCUT2D eigenvalue weighted by molar-refractivity contribution is 5.84. The van der Waals surface area contributed by atoms with Gasteiger partial charge < -0.3 is 15.0 Å². The third-order valence-corrected chi connectivity index (χ3v) is 2.35. The van der Waals surface area contributed by atoms with Gasteiger partial charge in [-0.25, -0.2) is 0 Å². The number of rotatable bonds is 3. The molecule has 78 valence electrons. The van der Waals surface area contributed by atoms with Crippen LogP contribution >= 0.6 is 0 Å². The van der Waals surface area contributed by atoms with Crippen molar-refractivity contribution in [3.05, 3.63) is 30.5 Å². The molecular formula is C11H12N2O2. The molecule has 0 spiro atoms. The van der Waals surface area contributed by atoms with Crippen molar-refractivity contribution in [3.63, 3.8) is 0 Å². The van der Waals surface area contributed by atoms with E-state index in [2.05, 4.69) is 4.98 Å². The van der Waals surface area contributed by atoms with E-state index in [1.807, 2.05) is 30.5 Å². The van der Waals surface area contributed by atoms with Gasteiger partial charge in [0.05, 0.1) is 0 Å². The Hall–Kier alpha value is -1.97. The summed E-state index contributed by atoms with van der Waals surface area (Å²) in [6.07, 6.45) is 1.87. The van der Waals surface area contributed by atoms with E-state index < -0.39 is 5.97 Å². The highest BCUT2D eigenvalue weighted by Crippen LogP contribution is 2.20. The van der Waals surface area contributed by atoms with Gasteiger partial charge in [0, 0.05) is 29.8 Å². The van der Waals surface area contributed by atoms with Gasteiger partial charge in [-0.2, -0.15) is 0 Å². The van der Waals surface area contributed by atoms with Crippen LogP contribution in [0.5, 0.6) is 0 Å². The van der Waals surface area contributed by atoms with Crippen LogP contribution in [0.25, 0.3) is 10.9 Å². The number of likely N-dealkylation sites (N-methyl/N-ethyl adjacent to an activating group) is 1. The van der Waals surface area contributed by atoms with Crippen LogP contribution in [-0.4, -0.2) is 29.7 Å². The smallest absolute Gasteiger partial charge is 0.323 e. The molecular weight excluding hydrogens is 192 g/mol. The molecule has 15 heavy (non-hydrogen) atoms. The summed E-state index contributed by atoms with van der Waals surface area (Å²) in [5.41, 5.74) is 1.96. The Morgan fingerprint density at radius 2 is 2.27 bits per heavy atom. The average Bonchev–Trinajstić information content (AvgIpc) is 2.62. The number of nitrogens with zero attached hydrogens (tertiary/aromatic N) is 1. The number of hydrogen-bond donors (Lipinski definition) is 2. The van der Waals surface area contributed by atoms with E-state index in [4.69, 9.17) is 5.11 Å². The van der Waals surface area contributed by atoms with Crippen LogP contribution in [0.3, 0.4) is 0 Å². The van der Waals surface area contributed by atoms with E-state index in [0.717, 1.165) is 16.6 Å². The molecule has 0 fully saturated rings. The number of hydrogen-bond acceptors (Lipinski definition) is 2. The highest BCUT2D eigenvalue weighted by Gasteiger charge is 2.06. The van der Waals surface area contributed by atoms with E-state index in [1.165, 1.54) is 0 Å². The van der Waals surface area contributed by atoms with Gasteiger partial charge in [0.25, 0.3) is 0 Å². The predicted molar refractivity (Wildman–Crippen MR) is 59.2 cm³/mol. The Morgan fingerprint density at radius 1 is 1.47 bits per heavy atom. The van der Waals surface area contributed by atoms with E-state index >= 15 is 0 Å². The fraction of sp³-hybridized carbons (Fsp3) is 0.182. The summed E-state index contributed by atoms with van der Waals surface area (Å²) in [5.74, 6) is -0.827. The van der Waals surface area contributed by atoms with Gasteiger partial charge in [-0.3, -0.25) is 4.79 Å². The lowest BCUT2D eigenvalue weighted by Gasteiger charge is -2.16. The molecule has 2 aromatic rings. The van der Waals surface area contributed by atoms with Crippen molar-refractivity contribution in [2.24, 2.45) is 0 Å². The van der Waals surface area contributed by atoms with Crippen molar-refractivity contribution in [3.8, 4) is 0 Å². The lowest BCUT2D eigenvalue weighted by Crippen LogP contribution is -2.24. The van der Waals surface area contributed by atoms with Crippen molar-refractivity contribution in [2.75, 3.05) is 18.5 Å². The number of aromatic nitrogens is 1. The number of fused-ring (bicyclic) bond motifs is 1. The van der Waals surface area contributed by atoms with Crippen molar-refractivity contribution in [1.82, 2.24) is 4.98 Å². The standard InChI is InChI=1S/C11H12N2O2/c1-13(7-11(14)15)9-2-3-10-8(6-9)4-5-12-10/h2-6,12H,7H2,1H3,(H,14,15). The normalized spacial score (nSPS) is 10.5. The number of carboxylic acid groups (broad SMARTS) is 1. The number of anilines is 1. The first kappa shape index (κ1) is 9.58. The molecule has 1 heterocycles. The van der Waals surface area contributed by atoms with Gasteiger partial charge in [-0.1, -0.05) is 0 Å². The fourth-order valence-electron chi connectivity index (χ4n) is 1.57. The number of aromatic amines is 1. The van der Waals surface area contributed by atoms with Gasteiger partial charge in [0.15, 0.2) is 0 Å². The molecule has 0 unspecified atom stereocenters. The zero-order valence-electron chi connectivity index (χ0n) is 8.40. The predicted octanol–water partition coefficient (Wildman–Crippen LogP) is 1.69. The number of carboxylic acids is 1. The van der Waals surface area contributed by atoms with E-state index in [9.17, 15) is 4.79 Å².